The van der Waals surface area contributed by atoms with Gasteiger partial charge in [0.25, 0.3) is 0 Å². The fourth-order valence-corrected chi connectivity index (χ4v) is 2.83. The van der Waals surface area contributed by atoms with Gasteiger partial charge in [-0.3, -0.25) is 4.79 Å². The lowest BCUT2D eigenvalue weighted by Crippen LogP contribution is -2.53. The second-order valence-electron chi connectivity index (χ2n) is 4.51. The lowest BCUT2D eigenvalue weighted by atomic mass is 9.86. The van der Waals surface area contributed by atoms with Crippen LogP contribution in [0, 0.1) is 0 Å². The zero-order chi connectivity index (χ0) is 10.7. The number of carbonyl (C=O) groups excluding carboxylic acids is 1. The molecule has 1 N–H and O–H groups in total. The number of hydrogen-bond donors (Lipinski definition) is 1. The van der Waals surface area contributed by atoms with Crippen molar-refractivity contribution in [3.8, 4) is 0 Å². The van der Waals surface area contributed by atoms with Crippen LogP contribution in [0.4, 0.5) is 0 Å². The molecule has 1 spiro atoms. The molecule has 0 aromatic carbocycles. The molecule has 2 heterocycles. The van der Waals surface area contributed by atoms with Crippen molar-refractivity contribution in [2.24, 2.45) is 0 Å². The highest BCUT2D eigenvalue weighted by Crippen LogP contribution is 2.37. The van der Waals surface area contributed by atoms with Crippen LogP contribution in [0.1, 0.15) is 25.7 Å². The van der Waals surface area contributed by atoms with Crippen molar-refractivity contribution in [2.45, 2.75) is 31.2 Å². The van der Waals surface area contributed by atoms with Gasteiger partial charge >= 0.3 is 0 Å². The summed E-state index contributed by atoms with van der Waals surface area (Å²) >= 11 is 0. The Balaban J connectivity index is 2.04. The summed E-state index contributed by atoms with van der Waals surface area (Å²) in [6.07, 6.45) is 3.96. The maximum absolute atomic E-state index is 11.8. The van der Waals surface area contributed by atoms with Crippen molar-refractivity contribution in [2.75, 3.05) is 33.4 Å². The number of hydrogen-bond acceptors (Lipinski definition) is 3. The minimum Gasteiger partial charge on any atom is -0.383 e. The van der Waals surface area contributed by atoms with Crippen LogP contribution in [0.25, 0.3) is 0 Å². The normalized spacial score (nSPS) is 25.1. The smallest absolute Gasteiger partial charge is 0.223 e. The summed E-state index contributed by atoms with van der Waals surface area (Å²) in [5.74, 6) is 0.314. The molecule has 4 nitrogen and oxygen atoms in total. The van der Waals surface area contributed by atoms with Gasteiger partial charge < -0.3 is 15.0 Å². The zero-order valence-corrected chi connectivity index (χ0v) is 9.42. The molecule has 2 rings (SSSR count). The molecule has 86 valence electrons. The molecule has 0 aliphatic carbocycles. The van der Waals surface area contributed by atoms with Gasteiger partial charge in [-0.25, -0.2) is 0 Å². The number of ether oxygens (including phenoxy) is 1. The Morgan fingerprint density at radius 1 is 1.40 bits per heavy atom. The Labute approximate surface area is 91.0 Å². The van der Waals surface area contributed by atoms with Crippen molar-refractivity contribution in [3.05, 3.63) is 0 Å². The summed E-state index contributed by atoms with van der Waals surface area (Å²) < 4.78 is 5.08. The van der Waals surface area contributed by atoms with E-state index < -0.39 is 0 Å². The first kappa shape index (κ1) is 10.9. The largest absolute Gasteiger partial charge is 0.383 e. The first-order valence-electron chi connectivity index (χ1n) is 5.79. The fraction of sp³-hybridized carbons (Fsp3) is 0.909. The van der Waals surface area contributed by atoms with Gasteiger partial charge in [-0.15, -0.1) is 0 Å². The van der Waals surface area contributed by atoms with Gasteiger partial charge in [0.2, 0.25) is 5.91 Å². The van der Waals surface area contributed by atoms with Crippen molar-refractivity contribution in [1.82, 2.24) is 10.2 Å². The van der Waals surface area contributed by atoms with Gasteiger partial charge in [-0.1, -0.05) is 0 Å². The Kier molecular flexibility index (Phi) is 3.26. The number of carbonyl (C=O) groups is 1. The molecule has 0 saturated carbocycles. The highest BCUT2D eigenvalue weighted by Gasteiger charge is 2.45. The summed E-state index contributed by atoms with van der Waals surface area (Å²) in [5.41, 5.74) is 0.154. The third-order valence-corrected chi connectivity index (χ3v) is 3.73. The highest BCUT2D eigenvalue weighted by atomic mass is 16.5. The molecule has 4 heteroatoms. The van der Waals surface area contributed by atoms with Gasteiger partial charge in [0.05, 0.1) is 6.61 Å². The third-order valence-electron chi connectivity index (χ3n) is 3.73. The number of nitrogens with one attached hydrogen (secondary N) is 1. The molecule has 15 heavy (non-hydrogen) atoms. The van der Waals surface area contributed by atoms with E-state index in [1.165, 1.54) is 0 Å². The number of amides is 1. The highest BCUT2D eigenvalue weighted by molar-refractivity contribution is 5.79. The molecule has 0 bridgehead atoms. The van der Waals surface area contributed by atoms with E-state index in [1.807, 2.05) is 0 Å². The molecule has 2 saturated heterocycles. The maximum Gasteiger partial charge on any atom is 0.223 e. The third kappa shape index (κ3) is 2.01. The van der Waals surface area contributed by atoms with Crippen LogP contribution in [0.15, 0.2) is 0 Å². The van der Waals surface area contributed by atoms with Gasteiger partial charge in [-0.2, -0.15) is 0 Å². The second kappa shape index (κ2) is 4.49. The lowest BCUT2D eigenvalue weighted by molar-refractivity contribution is -0.132. The van der Waals surface area contributed by atoms with E-state index in [2.05, 4.69) is 10.2 Å². The van der Waals surface area contributed by atoms with Gasteiger partial charge in [-0.05, 0) is 32.4 Å². The number of nitrogens with zero attached hydrogens (tertiary/aromatic N) is 1. The monoisotopic (exact) mass is 212 g/mol. The van der Waals surface area contributed by atoms with Crippen LogP contribution >= 0.6 is 0 Å². The standard InChI is InChI=1S/C11H20N2O2/c1-15-9-8-13-10(14)2-3-11(13)4-6-12-7-5-11/h12H,2-9H2,1H3. The van der Waals surface area contributed by atoms with E-state index in [0.717, 1.165) is 45.3 Å². The molecular formula is C11H20N2O2. The SMILES string of the molecule is COCCN1C(=O)CCC12CCNCC2. The molecule has 0 atom stereocenters. The van der Waals surface area contributed by atoms with Crippen LogP contribution in [-0.2, 0) is 9.53 Å². The van der Waals surface area contributed by atoms with Crippen molar-refractivity contribution in [1.29, 1.82) is 0 Å². The Bertz CT molecular complexity index is 237. The van der Waals surface area contributed by atoms with Crippen LogP contribution in [0.3, 0.4) is 0 Å². The lowest BCUT2D eigenvalue weighted by Gasteiger charge is -2.41. The van der Waals surface area contributed by atoms with Gasteiger partial charge in [0.15, 0.2) is 0 Å². The average Bonchev–Trinajstić information content (AvgIpc) is 2.55. The molecule has 0 aromatic rings. The van der Waals surface area contributed by atoms with E-state index in [0.29, 0.717) is 12.5 Å². The first-order valence-corrected chi connectivity index (χ1v) is 5.79. The number of likely N-dealkylation sites (tertiary alicyclic amines) is 1. The van der Waals surface area contributed by atoms with E-state index in [-0.39, 0.29) is 5.54 Å². The predicted molar refractivity (Wildman–Crippen MR) is 57.7 cm³/mol. The predicted octanol–water partition coefficient (Wildman–Crippen LogP) is 0.377. The minimum atomic E-state index is 0.154. The molecule has 2 fully saturated rings. The molecule has 0 radical (unpaired) electrons. The Morgan fingerprint density at radius 3 is 2.80 bits per heavy atom. The quantitative estimate of drug-likeness (QED) is 0.735. The molecular weight excluding hydrogens is 192 g/mol. The minimum absolute atomic E-state index is 0.154. The van der Waals surface area contributed by atoms with E-state index in [1.54, 1.807) is 7.11 Å². The Hall–Kier alpha value is -0.610. The number of piperidine rings is 1. The van der Waals surface area contributed by atoms with Gasteiger partial charge in [0.1, 0.15) is 0 Å². The van der Waals surface area contributed by atoms with Crippen LogP contribution in [0.5, 0.6) is 0 Å². The van der Waals surface area contributed by atoms with Crippen LogP contribution in [-0.4, -0.2) is 49.7 Å². The van der Waals surface area contributed by atoms with Crippen molar-refractivity contribution < 1.29 is 9.53 Å². The maximum atomic E-state index is 11.8. The molecule has 1 amide bonds. The summed E-state index contributed by atoms with van der Waals surface area (Å²) in [5, 5.41) is 3.36. The van der Waals surface area contributed by atoms with Crippen molar-refractivity contribution >= 4 is 5.91 Å². The molecule has 2 aliphatic rings. The summed E-state index contributed by atoms with van der Waals surface area (Å²) in [7, 11) is 1.69. The van der Waals surface area contributed by atoms with E-state index in [4.69, 9.17) is 4.74 Å². The van der Waals surface area contributed by atoms with Crippen LogP contribution in [0.2, 0.25) is 0 Å². The molecule has 0 aromatic heterocycles. The second-order valence-corrected chi connectivity index (χ2v) is 4.51. The zero-order valence-electron chi connectivity index (χ0n) is 9.42. The van der Waals surface area contributed by atoms with Gasteiger partial charge in [0, 0.05) is 25.6 Å². The molecule has 0 unspecified atom stereocenters. The summed E-state index contributed by atoms with van der Waals surface area (Å²) in [4.78, 5) is 13.9. The average molecular weight is 212 g/mol. The number of rotatable bonds is 3. The first-order chi connectivity index (χ1) is 7.28. The topological polar surface area (TPSA) is 41.6 Å². The fourth-order valence-electron chi connectivity index (χ4n) is 2.83. The summed E-state index contributed by atoms with van der Waals surface area (Å²) in [6, 6.07) is 0. The van der Waals surface area contributed by atoms with E-state index in [9.17, 15) is 4.79 Å². The van der Waals surface area contributed by atoms with E-state index >= 15 is 0 Å². The summed E-state index contributed by atoms with van der Waals surface area (Å²) in [6.45, 7) is 3.49. The Morgan fingerprint density at radius 2 is 2.13 bits per heavy atom. The van der Waals surface area contributed by atoms with Crippen LogP contribution < -0.4 is 5.32 Å². The number of methoxy groups -OCH3 is 1. The molecule has 2 aliphatic heterocycles. The van der Waals surface area contributed by atoms with Crippen molar-refractivity contribution in [3.63, 3.8) is 0 Å².